The van der Waals surface area contributed by atoms with Crippen molar-refractivity contribution >= 4 is 35.4 Å². The second-order valence-electron chi connectivity index (χ2n) is 6.21. The monoisotopic (exact) mass is 408 g/mol. The highest BCUT2D eigenvalue weighted by Crippen LogP contribution is 2.18. The van der Waals surface area contributed by atoms with Gasteiger partial charge in [-0.1, -0.05) is 41.6 Å². The van der Waals surface area contributed by atoms with Gasteiger partial charge in [-0.05, 0) is 31.2 Å². The van der Waals surface area contributed by atoms with Crippen molar-refractivity contribution in [1.29, 1.82) is 0 Å². The number of rotatable bonds is 7. The van der Waals surface area contributed by atoms with Crippen LogP contribution in [0.25, 0.3) is 0 Å². The maximum absolute atomic E-state index is 11.8. The summed E-state index contributed by atoms with van der Waals surface area (Å²) in [4.78, 5) is 18.5. The molecule has 146 valence electrons. The Morgan fingerprint density at radius 1 is 1.22 bits per heavy atom. The number of esters is 1. The van der Waals surface area contributed by atoms with Crippen molar-refractivity contribution < 1.29 is 14.4 Å². The minimum Gasteiger partial charge on any atom is -0.466 e. The highest BCUT2D eigenvalue weighted by Gasteiger charge is 2.27. The van der Waals surface area contributed by atoms with Gasteiger partial charge >= 0.3 is 5.97 Å². The molecule has 2 atom stereocenters. The van der Waals surface area contributed by atoms with Gasteiger partial charge in [0.25, 0.3) is 0 Å². The van der Waals surface area contributed by atoms with E-state index in [0.29, 0.717) is 19.8 Å². The summed E-state index contributed by atoms with van der Waals surface area (Å²) in [5, 5.41) is 9.81. The fourth-order valence-electron chi connectivity index (χ4n) is 2.96. The van der Waals surface area contributed by atoms with Crippen LogP contribution in [0, 0.1) is 5.92 Å². The highest BCUT2D eigenvalue weighted by atomic mass is 35.5. The van der Waals surface area contributed by atoms with Crippen molar-refractivity contribution in [2.45, 2.75) is 25.8 Å². The van der Waals surface area contributed by atoms with Crippen LogP contribution in [0.1, 0.15) is 30.2 Å². The predicted molar refractivity (Wildman–Crippen MR) is 111 cm³/mol. The van der Waals surface area contributed by atoms with E-state index in [4.69, 9.17) is 9.57 Å². The fourth-order valence-corrected chi connectivity index (χ4v) is 3.69. The topological polar surface area (TPSA) is 59.9 Å². The molecule has 3 rings (SSSR count). The van der Waals surface area contributed by atoms with Crippen LogP contribution >= 0.6 is 23.7 Å². The molecule has 1 N–H and O–H groups in total. The summed E-state index contributed by atoms with van der Waals surface area (Å²) in [5.74, 6) is -0.165. The molecule has 1 aliphatic heterocycles. The molecular formula is C20H25ClN2O3S. The second kappa shape index (κ2) is 11.1. The number of benzene rings is 1. The first-order chi connectivity index (χ1) is 12.8. The number of hydrogen-bond donors (Lipinski definition) is 1. The van der Waals surface area contributed by atoms with Crippen molar-refractivity contribution in [1.82, 2.24) is 5.32 Å². The quantitative estimate of drug-likeness (QED) is 0.429. The van der Waals surface area contributed by atoms with Gasteiger partial charge in [-0.3, -0.25) is 4.79 Å². The zero-order valence-corrected chi connectivity index (χ0v) is 16.9. The van der Waals surface area contributed by atoms with Crippen LogP contribution in [-0.2, 0) is 14.4 Å². The summed E-state index contributed by atoms with van der Waals surface area (Å²) in [6.45, 7) is 3.38. The second-order valence-corrected chi connectivity index (χ2v) is 7.16. The molecule has 7 heteroatoms. The van der Waals surface area contributed by atoms with Gasteiger partial charge in [-0.15, -0.1) is 23.7 Å². The summed E-state index contributed by atoms with van der Waals surface area (Å²) < 4.78 is 5.09. The van der Waals surface area contributed by atoms with Crippen LogP contribution in [0.2, 0.25) is 0 Å². The SMILES string of the molecule is CCOC(=O)[C@@H]1CC[C@@H](CO/N=C(/c2ccccc2)c2cccs2)NC1.Cl. The van der Waals surface area contributed by atoms with Crippen LogP contribution in [0.3, 0.4) is 0 Å². The van der Waals surface area contributed by atoms with Crippen molar-refractivity contribution in [2.75, 3.05) is 19.8 Å². The molecule has 0 saturated carbocycles. The minimum absolute atomic E-state index is 0. The maximum atomic E-state index is 11.8. The molecule has 5 nitrogen and oxygen atoms in total. The Bertz CT molecular complexity index is 714. The molecule has 0 radical (unpaired) electrons. The van der Waals surface area contributed by atoms with Crippen molar-refractivity contribution in [2.24, 2.45) is 11.1 Å². The van der Waals surface area contributed by atoms with Crippen LogP contribution in [0.4, 0.5) is 0 Å². The van der Waals surface area contributed by atoms with Gasteiger partial charge in [-0.2, -0.15) is 0 Å². The third-order valence-electron chi connectivity index (χ3n) is 4.37. The molecule has 0 aliphatic carbocycles. The van der Waals surface area contributed by atoms with Gasteiger partial charge in [-0.25, -0.2) is 0 Å². The van der Waals surface area contributed by atoms with E-state index < -0.39 is 0 Å². The first kappa shape index (κ1) is 21.4. The van der Waals surface area contributed by atoms with Gasteiger partial charge in [0, 0.05) is 18.2 Å². The Balaban J connectivity index is 0.00000261. The highest BCUT2D eigenvalue weighted by molar-refractivity contribution is 7.12. The van der Waals surface area contributed by atoms with E-state index in [-0.39, 0.29) is 30.3 Å². The molecule has 0 unspecified atom stereocenters. The minimum atomic E-state index is -0.110. The Morgan fingerprint density at radius 2 is 2.04 bits per heavy atom. The van der Waals surface area contributed by atoms with E-state index in [1.807, 2.05) is 54.8 Å². The van der Waals surface area contributed by atoms with Gasteiger partial charge in [0.05, 0.1) is 17.4 Å². The summed E-state index contributed by atoms with van der Waals surface area (Å²) in [5.41, 5.74) is 1.88. The van der Waals surface area contributed by atoms with E-state index in [1.54, 1.807) is 11.3 Å². The molecule has 0 spiro atoms. The summed E-state index contributed by atoms with van der Waals surface area (Å²) >= 11 is 1.64. The van der Waals surface area contributed by atoms with Crippen molar-refractivity contribution in [3.63, 3.8) is 0 Å². The maximum Gasteiger partial charge on any atom is 0.310 e. The van der Waals surface area contributed by atoms with Gasteiger partial charge in [0.2, 0.25) is 0 Å². The number of carbonyl (C=O) groups is 1. The molecule has 1 aromatic heterocycles. The lowest BCUT2D eigenvalue weighted by molar-refractivity contribution is -0.148. The summed E-state index contributed by atoms with van der Waals surface area (Å²) in [7, 11) is 0. The van der Waals surface area contributed by atoms with Crippen LogP contribution in [0.15, 0.2) is 53.0 Å². The van der Waals surface area contributed by atoms with E-state index in [1.165, 1.54) is 0 Å². The molecule has 1 fully saturated rings. The first-order valence-electron chi connectivity index (χ1n) is 8.97. The number of nitrogens with zero attached hydrogens (tertiary/aromatic N) is 1. The molecule has 1 aromatic carbocycles. The lowest BCUT2D eigenvalue weighted by atomic mass is 9.95. The van der Waals surface area contributed by atoms with Crippen LogP contribution < -0.4 is 5.32 Å². The number of thiophene rings is 1. The molecular weight excluding hydrogens is 384 g/mol. The average Bonchev–Trinajstić information content (AvgIpc) is 3.21. The number of piperidine rings is 1. The normalized spacial score (nSPS) is 19.8. The van der Waals surface area contributed by atoms with Crippen LogP contribution in [-0.4, -0.2) is 37.5 Å². The van der Waals surface area contributed by atoms with Gasteiger partial charge in [0.15, 0.2) is 0 Å². The Kier molecular flexibility index (Phi) is 8.78. The molecule has 2 aromatic rings. The predicted octanol–water partition coefficient (Wildman–Crippen LogP) is 3.87. The summed E-state index contributed by atoms with van der Waals surface area (Å²) in [6.07, 6.45) is 1.69. The third kappa shape index (κ3) is 6.06. The molecule has 1 aliphatic rings. The van der Waals surface area contributed by atoms with Crippen molar-refractivity contribution in [3.8, 4) is 0 Å². The molecule has 0 amide bonds. The number of halogens is 1. The zero-order valence-electron chi connectivity index (χ0n) is 15.3. The van der Waals surface area contributed by atoms with Gasteiger partial charge in [0.1, 0.15) is 12.3 Å². The summed E-state index contributed by atoms with van der Waals surface area (Å²) in [6, 6.07) is 14.3. The third-order valence-corrected chi connectivity index (χ3v) is 5.25. The van der Waals surface area contributed by atoms with E-state index in [0.717, 1.165) is 29.0 Å². The van der Waals surface area contributed by atoms with E-state index in [2.05, 4.69) is 10.5 Å². The largest absolute Gasteiger partial charge is 0.466 e. The van der Waals surface area contributed by atoms with E-state index in [9.17, 15) is 4.79 Å². The molecule has 0 bridgehead atoms. The lowest BCUT2D eigenvalue weighted by Gasteiger charge is -2.27. The van der Waals surface area contributed by atoms with Crippen LogP contribution in [0.5, 0.6) is 0 Å². The Hall–Kier alpha value is -1.89. The number of oxime groups is 1. The standard InChI is InChI=1S/C20H24N2O3S.ClH/c1-2-24-20(23)16-10-11-17(21-13-16)14-25-22-19(18-9-6-12-26-18)15-7-4-3-5-8-15;/h3-9,12,16-17,21H,2,10-11,13-14H2,1H3;1H/b22-19-;/t16-,17+;/m1./s1. The lowest BCUT2D eigenvalue weighted by Crippen LogP contribution is -2.44. The molecule has 2 heterocycles. The number of hydrogen-bond acceptors (Lipinski definition) is 6. The van der Waals surface area contributed by atoms with Crippen molar-refractivity contribution in [3.05, 3.63) is 58.3 Å². The molecule has 1 saturated heterocycles. The number of nitrogens with one attached hydrogen (secondary N) is 1. The fraction of sp³-hybridized carbons (Fsp3) is 0.400. The number of carbonyl (C=O) groups excluding carboxylic acids is 1. The Labute approximate surface area is 170 Å². The van der Waals surface area contributed by atoms with E-state index >= 15 is 0 Å². The Morgan fingerprint density at radius 3 is 2.67 bits per heavy atom. The first-order valence-corrected chi connectivity index (χ1v) is 9.85. The molecule has 27 heavy (non-hydrogen) atoms. The number of ether oxygens (including phenoxy) is 1. The van der Waals surface area contributed by atoms with Gasteiger partial charge < -0.3 is 14.9 Å². The smallest absolute Gasteiger partial charge is 0.310 e. The zero-order chi connectivity index (χ0) is 18.2. The average molecular weight is 409 g/mol.